The van der Waals surface area contributed by atoms with E-state index in [0.717, 1.165) is 30.8 Å². The Balaban J connectivity index is 1.82. The Labute approximate surface area is 121 Å². The Morgan fingerprint density at radius 2 is 2.20 bits per heavy atom. The molecule has 0 amide bonds. The normalized spacial score (nSPS) is 17.1. The topological polar surface area (TPSA) is 72.7 Å². The van der Waals surface area contributed by atoms with Crippen molar-refractivity contribution in [1.29, 1.82) is 0 Å². The summed E-state index contributed by atoms with van der Waals surface area (Å²) in [6.07, 6.45) is 1.60. The minimum Gasteiger partial charge on any atom is -0.466 e. The van der Waals surface area contributed by atoms with Gasteiger partial charge in [0.15, 0.2) is 0 Å². The summed E-state index contributed by atoms with van der Waals surface area (Å²) in [5, 5.41) is 10.8. The van der Waals surface area contributed by atoms with Crippen molar-refractivity contribution in [2.75, 3.05) is 19.7 Å². The van der Waals surface area contributed by atoms with Gasteiger partial charge in [0.25, 0.3) is 0 Å². The quantitative estimate of drug-likeness (QED) is 0.474. The van der Waals surface area contributed by atoms with Gasteiger partial charge in [-0.2, -0.15) is 0 Å². The fraction of sp³-hybridized carbons (Fsp3) is 0.615. The molecule has 0 spiro atoms. The van der Waals surface area contributed by atoms with E-state index >= 15 is 0 Å². The van der Waals surface area contributed by atoms with Crippen molar-refractivity contribution in [3.8, 4) is 0 Å². The van der Waals surface area contributed by atoms with Gasteiger partial charge in [-0.05, 0) is 38.9 Å². The maximum absolute atomic E-state index is 11.6. The van der Waals surface area contributed by atoms with Crippen LogP contribution in [0.1, 0.15) is 24.6 Å². The number of carbonyl (C=O) groups excluding carboxylic acids is 1. The van der Waals surface area contributed by atoms with Crippen LogP contribution in [0.3, 0.4) is 0 Å². The molecular weight excluding hydrogens is 280 g/mol. The maximum atomic E-state index is 11.6. The number of thiophene rings is 1. The number of hydrogen-bond acceptors (Lipinski definition) is 6. The monoisotopic (exact) mass is 298 g/mol. The first-order valence-corrected chi connectivity index (χ1v) is 7.54. The van der Waals surface area contributed by atoms with Crippen LogP contribution in [-0.4, -0.2) is 35.5 Å². The fourth-order valence-electron chi connectivity index (χ4n) is 2.36. The van der Waals surface area contributed by atoms with Crippen LogP contribution in [0.25, 0.3) is 0 Å². The van der Waals surface area contributed by atoms with Gasteiger partial charge in [-0.1, -0.05) is 11.3 Å². The molecule has 0 aliphatic carbocycles. The number of hydrogen-bond donors (Lipinski definition) is 0. The number of piperidine rings is 1. The smallest absolute Gasteiger partial charge is 0.324 e. The summed E-state index contributed by atoms with van der Waals surface area (Å²) >= 11 is 1.22. The second-order valence-electron chi connectivity index (χ2n) is 4.80. The van der Waals surface area contributed by atoms with Gasteiger partial charge in [0.1, 0.15) is 0 Å². The second-order valence-corrected chi connectivity index (χ2v) is 5.95. The van der Waals surface area contributed by atoms with Gasteiger partial charge in [-0.15, -0.1) is 0 Å². The van der Waals surface area contributed by atoms with Crippen molar-refractivity contribution in [2.45, 2.75) is 26.3 Å². The van der Waals surface area contributed by atoms with Crippen molar-refractivity contribution in [1.82, 2.24) is 4.90 Å². The minimum atomic E-state index is -0.360. The third-order valence-corrected chi connectivity index (χ3v) is 4.44. The van der Waals surface area contributed by atoms with Crippen LogP contribution in [0, 0.1) is 16.0 Å². The molecule has 1 aromatic heterocycles. The predicted octanol–water partition coefficient (Wildman–Crippen LogP) is 2.43. The molecule has 1 aliphatic rings. The Bertz CT molecular complexity index is 480. The maximum Gasteiger partial charge on any atom is 0.324 e. The lowest BCUT2D eigenvalue weighted by Gasteiger charge is -2.30. The average molecular weight is 298 g/mol. The molecule has 1 aliphatic heterocycles. The van der Waals surface area contributed by atoms with Gasteiger partial charge in [-0.25, -0.2) is 0 Å². The third-order valence-electron chi connectivity index (χ3n) is 3.41. The van der Waals surface area contributed by atoms with Gasteiger partial charge in [0.2, 0.25) is 0 Å². The van der Waals surface area contributed by atoms with Gasteiger partial charge < -0.3 is 4.74 Å². The van der Waals surface area contributed by atoms with E-state index < -0.39 is 0 Å². The molecule has 0 atom stereocenters. The fourth-order valence-corrected chi connectivity index (χ4v) is 3.22. The Hall–Kier alpha value is -1.47. The zero-order valence-electron chi connectivity index (χ0n) is 11.4. The van der Waals surface area contributed by atoms with E-state index in [1.165, 1.54) is 11.3 Å². The average Bonchev–Trinajstić information content (AvgIpc) is 2.88. The van der Waals surface area contributed by atoms with Crippen LogP contribution >= 0.6 is 11.3 Å². The summed E-state index contributed by atoms with van der Waals surface area (Å²) in [4.78, 5) is 25.1. The highest BCUT2D eigenvalue weighted by atomic mass is 32.1. The number of esters is 1. The van der Waals surface area contributed by atoms with Gasteiger partial charge in [-0.3, -0.25) is 19.8 Å². The summed E-state index contributed by atoms with van der Waals surface area (Å²) < 4.78 is 5.03. The number of ether oxygens (including phenoxy) is 1. The summed E-state index contributed by atoms with van der Waals surface area (Å²) in [5.41, 5.74) is 0. The third kappa shape index (κ3) is 3.77. The van der Waals surface area contributed by atoms with Crippen molar-refractivity contribution in [2.24, 2.45) is 5.92 Å². The Morgan fingerprint density at radius 3 is 2.75 bits per heavy atom. The Kier molecular flexibility index (Phi) is 5.08. The molecule has 0 bridgehead atoms. The largest absolute Gasteiger partial charge is 0.466 e. The first kappa shape index (κ1) is 14.9. The van der Waals surface area contributed by atoms with Gasteiger partial charge in [0.05, 0.1) is 17.4 Å². The predicted molar refractivity (Wildman–Crippen MR) is 75.6 cm³/mol. The molecule has 2 heterocycles. The second kappa shape index (κ2) is 6.81. The molecule has 2 rings (SSSR count). The lowest BCUT2D eigenvalue weighted by Crippen LogP contribution is -2.36. The van der Waals surface area contributed by atoms with Gasteiger partial charge >= 0.3 is 11.0 Å². The molecule has 1 saturated heterocycles. The number of nitro groups is 1. The van der Waals surface area contributed by atoms with Crippen molar-refractivity contribution >= 4 is 22.3 Å². The molecule has 0 N–H and O–H groups in total. The highest BCUT2D eigenvalue weighted by molar-refractivity contribution is 7.15. The van der Waals surface area contributed by atoms with Crippen molar-refractivity contribution < 1.29 is 14.5 Å². The number of carbonyl (C=O) groups is 1. The molecular formula is C13H18N2O4S. The molecule has 6 nitrogen and oxygen atoms in total. The molecule has 0 aromatic carbocycles. The van der Waals surface area contributed by atoms with E-state index in [-0.39, 0.29) is 21.8 Å². The van der Waals surface area contributed by atoms with E-state index in [4.69, 9.17) is 4.74 Å². The van der Waals surface area contributed by atoms with Crippen LogP contribution in [0.15, 0.2) is 12.1 Å². The molecule has 110 valence electrons. The van der Waals surface area contributed by atoms with Crippen molar-refractivity contribution in [3.05, 3.63) is 27.1 Å². The highest BCUT2D eigenvalue weighted by Gasteiger charge is 2.26. The first-order valence-electron chi connectivity index (χ1n) is 6.72. The molecule has 1 fully saturated rings. The zero-order chi connectivity index (χ0) is 14.5. The molecule has 7 heteroatoms. The Morgan fingerprint density at radius 1 is 1.50 bits per heavy atom. The number of rotatable bonds is 5. The van der Waals surface area contributed by atoms with E-state index in [0.29, 0.717) is 13.2 Å². The zero-order valence-corrected chi connectivity index (χ0v) is 12.2. The standard InChI is InChI=1S/C13H18N2O4S/c1-2-19-13(16)10-5-7-14(8-6-10)9-11-3-4-12(20-11)15(17)18/h3-4,10H,2,5-9H2,1H3. The number of nitrogens with zero attached hydrogens (tertiary/aromatic N) is 2. The molecule has 0 radical (unpaired) electrons. The first-order chi connectivity index (χ1) is 9.60. The number of likely N-dealkylation sites (tertiary alicyclic amines) is 1. The van der Waals surface area contributed by atoms with Crippen LogP contribution in [0.5, 0.6) is 0 Å². The molecule has 0 unspecified atom stereocenters. The van der Waals surface area contributed by atoms with Gasteiger partial charge in [0, 0.05) is 17.5 Å². The summed E-state index contributed by atoms with van der Waals surface area (Å²) in [6.45, 7) is 4.62. The minimum absolute atomic E-state index is 0.00359. The van der Waals surface area contributed by atoms with Crippen LogP contribution in [-0.2, 0) is 16.1 Å². The van der Waals surface area contributed by atoms with E-state index in [9.17, 15) is 14.9 Å². The molecule has 1 aromatic rings. The highest BCUT2D eigenvalue weighted by Crippen LogP contribution is 2.27. The van der Waals surface area contributed by atoms with Crippen LogP contribution < -0.4 is 0 Å². The summed E-state index contributed by atoms with van der Waals surface area (Å²) in [6, 6.07) is 3.35. The summed E-state index contributed by atoms with van der Waals surface area (Å²) in [5.74, 6) is -0.0946. The van der Waals surface area contributed by atoms with Crippen LogP contribution in [0.4, 0.5) is 5.00 Å². The van der Waals surface area contributed by atoms with Crippen LogP contribution in [0.2, 0.25) is 0 Å². The van der Waals surface area contributed by atoms with E-state index in [1.54, 1.807) is 12.1 Å². The molecule has 0 saturated carbocycles. The molecule has 20 heavy (non-hydrogen) atoms. The SMILES string of the molecule is CCOC(=O)C1CCN(Cc2ccc([N+](=O)[O-])s2)CC1. The lowest BCUT2D eigenvalue weighted by molar-refractivity contribution is -0.380. The lowest BCUT2D eigenvalue weighted by atomic mass is 9.97. The van der Waals surface area contributed by atoms with Crippen molar-refractivity contribution in [3.63, 3.8) is 0 Å². The summed E-state index contributed by atoms with van der Waals surface area (Å²) in [7, 11) is 0. The van der Waals surface area contributed by atoms with E-state index in [1.807, 2.05) is 6.92 Å². The van der Waals surface area contributed by atoms with E-state index in [2.05, 4.69) is 4.90 Å².